The summed E-state index contributed by atoms with van der Waals surface area (Å²) in [5.74, 6) is 0.533. The standard InChI is InChI=1S/C26H43NO3/c1-3-4-5-6-7-8-9-10-11-12-13-14-15-16-17-18-26(29)27-22-23-19-20-24(28)25(21-23)30-2/h16-17,19-21,28H,3-15,18,22H2,1-2H3,(H,27,29)/b17-16-. The zero-order valence-corrected chi connectivity index (χ0v) is 19.3. The van der Waals surface area contributed by atoms with Crippen molar-refractivity contribution in [1.29, 1.82) is 0 Å². The van der Waals surface area contributed by atoms with Crippen LogP contribution in [0.2, 0.25) is 0 Å². The summed E-state index contributed by atoms with van der Waals surface area (Å²) in [6.07, 6.45) is 21.9. The topological polar surface area (TPSA) is 58.6 Å². The van der Waals surface area contributed by atoms with Crippen LogP contribution in [0.4, 0.5) is 0 Å². The molecule has 4 nitrogen and oxygen atoms in total. The van der Waals surface area contributed by atoms with Crippen LogP contribution in [0.15, 0.2) is 30.4 Å². The third-order valence-corrected chi connectivity index (χ3v) is 5.43. The van der Waals surface area contributed by atoms with Gasteiger partial charge in [-0.05, 0) is 30.5 Å². The van der Waals surface area contributed by atoms with Crippen LogP contribution < -0.4 is 10.1 Å². The molecule has 0 atom stereocenters. The van der Waals surface area contributed by atoms with Gasteiger partial charge < -0.3 is 15.2 Å². The van der Waals surface area contributed by atoms with Crippen LogP contribution >= 0.6 is 0 Å². The number of amides is 1. The van der Waals surface area contributed by atoms with E-state index in [2.05, 4.69) is 18.3 Å². The molecular formula is C26H43NO3. The lowest BCUT2D eigenvalue weighted by Crippen LogP contribution is -2.21. The van der Waals surface area contributed by atoms with Gasteiger partial charge in [0.25, 0.3) is 0 Å². The van der Waals surface area contributed by atoms with E-state index in [1.54, 1.807) is 18.2 Å². The van der Waals surface area contributed by atoms with E-state index in [-0.39, 0.29) is 11.7 Å². The van der Waals surface area contributed by atoms with Crippen molar-refractivity contribution >= 4 is 5.91 Å². The monoisotopic (exact) mass is 417 g/mol. The molecule has 0 aliphatic carbocycles. The summed E-state index contributed by atoms with van der Waals surface area (Å²) in [7, 11) is 1.51. The highest BCUT2D eigenvalue weighted by molar-refractivity contribution is 5.77. The summed E-state index contributed by atoms with van der Waals surface area (Å²) >= 11 is 0. The van der Waals surface area contributed by atoms with E-state index in [1.807, 2.05) is 6.08 Å². The second kappa shape index (κ2) is 17.9. The van der Waals surface area contributed by atoms with Crippen molar-refractivity contribution in [2.45, 2.75) is 103 Å². The van der Waals surface area contributed by atoms with Crippen LogP contribution in [0, 0.1) is 0 Å². The van der Waals surface area contributed by atoms with Crippen molar-refractivity contribution in [2.75, 3.05) is 7.11 Å². The minimum Gasteiger partial charge on any atom is -0.504 e. The third kappa shape index (κ3) is 13.3. The fourth-order valence-corrected chi connectivity index (χ4v) is 3.52. The van der Waals surface area contributed by atoms with Gasteiger partial charge in [0.1, 0.15) is 0 Å². The Morgan fingerprint density at radius 1 is 0.933 bits per heavy atom. The van der Waals surface area contributed by atoms with Gasteiger partial charge in [0.2, 0.25) is 5.91 Å². The molecule has 1 aromatic rings. The van der Waals surface area contributed by atoms with Crippen LogP contribution in [0.1, 0.15) is 102 Å². The molecule has 0 aliphatic rings. The number of unbranched alkanes of at least 4 members (excludes halogenated alkanes) is 12. The van der Waals surface area contributed by atoms with Crippen molar-refractivity contribution in [3.05, 3.63) is 35.9 Å². The van der Waals surface area contributed by atoms with E-state index in [0.717, 1.165) is 12.0 Å². The molecule has 0 heterocycles. The maximum atomic E-state index is 11.9. The van der Waals surface area contributed by atoms with Gasteiger partial charge in [-0.3, -0.25) is 4.79 Å². The molecular weight excluding hydrogens is 374 g/mol. The fourth-order valence-electron chi connectivity index (χ4n) is 3.52. The highest BCUT2D eigenvalue weighted by Gasteiger charge is 2.04. The number of phenolic OH excluding ortho intramolecular Hbond substituents is 1. The number of phenols is 1. The molecule has 1 amide bonds. The first kappa shape index (κ1) is 26.1. The van der Waals surface area contributed by atoms with E-state index in [4.69, 9.17) is 4.74 Å². The average Bonchev–Trinajstić information content (AvgIpc) is 2.75. The van der Waals surface area contributed by atoms with Gasteiger partial charge in [0.05, 0.1) is 7.11 Å². The molecule has 0 spiro atoms. The van der Waals surface area contributed by atoms with Gasteiger partial charge >= 0.3 is 0 Å². The van der Waals surface area contributed by atoms with E-state index in [9.17, 15) is 9.90 Å². The van der Waals surface area contributed by atoms with E-state index >= 15 is 0 Å². The lowest BCUT2D eigenvalue weighted by Gasteiger charge is -2.07. The lowest BCUT2D eigenvalue weighted by atomic mass is 10.0. The molecule has 0 fully saturated rings. The summed E-state index contributed by atoms with van der Waals surface area (Å²) in [5, 5.41) is 12.5. The Bertz CT molecular complexity index is 598. The number of benzene rings is 1. The zero-order chi connectivity index (χ0) is 21.9. The molecule has 30 heavy (non-hydrogen) atoms. The van der Waals surface area contributed by atoms with Gasteiger partial charge in [-0.2, -0.15) is 0 Å². The Morgan fingerprint density at radius 3 is 2.13 bits per heavy atom. The lowest BCUT2D eigenvalue weighted by molar-refractivity contribution is -0.120. The van der Waals surface area contributed by atoms with Crippen molar-refractivity contribution in [1.82, 2.24) is 5.32 Å². The second-order valence-corrected chi connectivity index (χ2v) is 8.14. The number of aromatic hydroxyl groups is 1. The number of ether oxygens (including phenoxy) is 1. The molecule has 2 N–H and O–H groups in total. The molecule has 0 aromatic heterocycles. The number of hydrogen-bond donors (Lipinski definition) is 2. The minimum absolute atomic E-state index is 0.00739. The molecule has 0 aliphatic heterocycles. The van der Waals surface area contributed by atoms with Crippen LogP contribution in [0.5, 0.6) is 11.5 Å². The first-order valence-corrected chi connectivity index (χ1v) is 11.9. The van der Waals surface area contributed by atoms with Crippen molar-refractivity contribution in [3.8, 4) is 11.5 Å². The molecule has 0 saturated heterocycles. The van der Waals surface area contributed by atoms with Crippen LogP contribution in [-0.2, 0) is 11.3 Å². The predicted octanol–water partition coefficient (Wildman–Crippen LogP) is 7.05. The summed E-state index contributed by atoms with van der Waals surface area (Å²) in [6, 6.07) is 5.09. The number of methoxy groups -OCH3 is 1. The largest absolute Gasteiger partial charge is 0.504 e. The third-order valence-electron chi connectivity index (χ3n) is 5.43. The molecule has 1 rings (SSSR count). The Balaban J connectivity index is 1.94. The maximum absolute atomic E-state index is 11.9. The fraction of sp³-hybridized carbons (Fsp3) is 0.654. The Labute approximate surface area is 184 Å². The average molecular weight is 418 g/mol. The van der Waals surface area contributed by atoms with Crippen LogP contribution in [0.3, 0.4) is 0 Å². The number of hydrogen-bond acceptors (Lipinski definition) is 3. The van der Waals surface area contributed by atoms with Crippen LogP contribution in [-0.4, -0.2) is 18.1 Å². The first-order chi connectivity index (χ1) is 14.7. The summed E-state index contributed by atoms with van der Waals surface area (Å²) in [5.41, 5.74) is 0.901. The van der Waals surface area contributed by atoms with Crippen molar-refractivity contribution in [3.63, 3.8) is 0 Å². The highest BCUT2D eigenvalue weighted by atomic mass is 16.5. The number of rotatable bonds is 18. The smallest absolute Gasteiger partial charge is 0.224 e. The number of carbonyl (C=O) groups is 1. The molecule has 170 valence electrons. The van der Waals surface area contributed by atoms with Gasteiger partial charge in [-0.25, -0.2) is 0 Å². The maximum Gasteiger partial charge on any atom is 0.224 e. The van der Waals surface area contributed by atoms with Crippen LogP contribution in [0.25, 0.3) is 0 Å². The van der Waals surface area contributed by atoms with Crippen molar-refractivity contribution < 1.29 is 14.6 Å². The molecule has 0 radical (unpaired) electrons. The minimum atomic E-state index is 0.00739. The molecule has 0 bridgehead atoms. The van der Waals surface area contributed by atoms with Gasteiger partial charge in [-0.15, -0.1) is 0 Å². The summed E-state index contributed by atoms with van der Waals surface area (Å²) < 4.78 is 5.08. The number of nitrogens with one attached hydrogen (secondary N) is 1. The van der Waals surface area contributed by atoms with E-state index in [1.165, 1.54) is 84.2 Å². The SMILES string of the molecule is CCCCCCCCCCCCCC/C=C\CC(=O)NCc1ccc(O)c(OC)c1. The first-order valence-electron chi connectivity index (χ1n) is 11.9. The number of allylic oxidation sites excluding steroid dienone is 1. The molecule has 4 heteroatoms. The molecule has 1 aromatic carbocycles. The van der Waals surface area contributed by atoms with Gasteiger partial charge in [0.15, 0.2) is 11.5 Å². The van der Waals surface area contributed by atoms with Crippen molar-refractivity contribution in [2.24, 2.45) is 0 Å². The van der Waals surface area contributed by atoms with Gasteiger partial charge in [0, 0.05) is 13.0 Å². The predicted molar refractivity (Wildman–Crippen MR) is 126 cm³/mol. The zero-order valence-electron chi connectivity index (χ0n) is 19.3. The normalized spacial score (nSPS) is 11.1. The summed E-state index contributed by atoms with van der Waals surface area (Å²) in [4.78, 5) is 11.9. The quantitative estimate of drug-likeness (QED) is 0.199. The van der Waals surface area contributed by atoms with Gasteiger partial charge in [-0.1, -0.05) is 95.8 Å². The Morgan fingerprint density at radius 2 is 1.53 bits per heavy atom. The van der Waals surface area contributed by atoms with E-state index < -0.39 is 0 Å². The number of carbonyl (C=O) groups excluding carboxylic acids is 1. The molecule has 0 unspecified atom stereocenters. The highest BCUT2D eigenvalue weighted by Crippen LogP contribution is 2.26. The molecule has 0 saturated carbocycles. The van der Waals surface area contributed by atoms with E-state index in [0.29, 0.717) is 18.7 Å². The Kier molecular flexibility index (Phi) is 15.5. The Hall–Kier alpha value is -1.97. The second-order valence-electron chi connectivity index (χ2n) is 8.14. The summed E-state index contributed by atoms with van der Waals surface area (Å²) in [6.45, 7) is 2.70.